The molecule has 23 heavy (non-hydrogen) atoms. The highest BCUT2D eigenvalue weighted by molar-refractivity contribution is 5.88. The van der Waals surface area contributed by atoms with Crippen molar-refractivity contribution < 1.29 is 14.6 Å². The van der Waals surface area contributed by atoms with Gasteiger partial charge in [0.2, 0.25) is 0 Å². The Morgan fingerprint density at radius 1 is 1.04 bits per heavy atom. The number of methoxy groups -OCH3 is 1. The lowest BCUT2D eigenvalue weighted by molar-refractivity contribution is 0.0697. The fourth-order valence-electron chi connectivity index (χ4n) is 2.20. The first-order valence-electron chi connectivity index (χ1n) is 6.98. The summed E-state index contributed by atoms with van der Waals surface area (Å²) in [6, 6.07) is 15.9. The number of ether oxygens (including phenoxy) is 1. The van der Waals surface area contributed by atoms with E-state index < -0.39 is 5.97 Å². The van der Waals surface area contributed by atoms with Crippen molar-refractivity contribution in [3.05, 3.63) is 66.4 Å². The molecule has 0 aliphatic heterocycles. The summed E-state index contributed by atoms with van der Waals surface area (Å²) in [6.45, 7) is 0. The molecule has 0 aliphatic carbocycles. The second kappa shape index (κ2) is 6.27. The zero-order valence-corrected chi connectivity index (χ0v) is 12.4. The average molecular weight is 306 g/mol. The zero-order chi connectivity index (χ0) is 16.2. The second-order valence-corrected chi connectivity index (χ2v) is 4.88. The maximum absolute atomic E-state index is 10.9. The van der Waals surface area contributed by atoms with Crippen LogP contribution in [-0.4, -0.2) is 28.2 Å². The van der Waals surface area contributed by atoms with Gasteiger partial charge in [-0.2, -0.15) is 0 Å². The molecular formula is C18H14N2O3. The molecule has 0 atom stereocenters. The van der Waals surface area contributed by atoms with Gasteiger partial charge in [0.05, 0.1) is 18.4 Å². The van der Waals surface area contributed by atoms with E-state index >= 15 is 0 Å². The van der Waals surface area contributed by atoms with Gasteiger partial charge in [0, 0.05) is 17.3 Å². The Hall–Kier alpha value is -3.21. The van der Waals surface area contributed by atoms with E-state index in [1.165, 1.54) is 0 Å². The lowest BCUT2D eigenvalue weighted by Gasteiger charge is -2.06. The molecule has 2 aromatic carbocycles. The van der Waals surface area contributed by atoms with Gasteiger partial charge >= 0.3 is 5.97 Å². The van der Waals surface area contributed by atoms with Crippen molar-refractivity contribution in [1.29, 1.82) is 0 Å². The molecule has 0 spiro atoms. The number of hydrogen-bond acceptors (Lipinski definition) is 4. The van der Waals surface area contributed by atoms with Crippen molar-refractivity contribution >= 4 is 5.97 Å². The highest BCUT2D eigenvalue weighted by Gasteiger charge is 2.07. The van der Waals surface area contributed by atoms with Crippen molar-refractivity contribution in [2.45, 2.75) is 0 Å². The van der Waals surface area contributed by atoms with Crippen LogP contribution >= 0.6 is 0 Å². The largest absolute Gasteiger partial charge is 0.497 e. The summed E-state index contributed by atoms with van der Waals surface area (Å²) in [4.78, 5) is 19.8. The summed E-state index contributed by atoms with van der Waals surface area (Å²) < 4.78 is 5.22. The van der Waals surface area contributed by atoms with Crippen molar-refractivity contribution in [3.63, 3.8) is 0 Å². The molecule has 5 heteroatoms. The summed E-state index contributed by atoms with van der Waals surface area (Å²) in [5.41, 5.74) is 2.67. The van der Waals surface area contributed by atoms with E-state index in [0.29, 0.717) is 5.82 Å². The van der Waals surface area contributed by atoms with Gasteiger partial charge in [0.1, 0.15) is 5.75 Å². The van der Waals surface area contributed by atoms with Crippen molar-refractivity contribution in [2.75, 3.05) is 7.11 Å². The molecule has 5 nitrogen and oxygen atoms in total. The molecule has 3 rings (SSSR count). The summed E-state index contributed by atoms with van der Waals surface area (Å²) in [7, 11) is 1.61. The molecule has 0 bridgehead atoms. The number of carboxylic acid groups (broad SMARTS) is 1. The van der Waals surface area contributed by atoms with Gasteiger partial charge in [-0.25, -0.2) is 14.8 Å². The maximum Gasteiger partial charge on any atom is 0.335 e. The van der Waals surface area contributed by atoms with Crippen LogP contribution in [-0.2, 0) is 0 Å². The third-order valence-corrected chi connectivity index (χ3v) is 3.41. The molecule has 3 aromatic rings. The molecule has 1 aromatic heterocycles. The van der Waals surface area contributed by atoms with E-state index in [1.807, 2.05) is 24.3 Å². The van der Waals surface area contributed by atoms with Crippen LogP contribution in [0, 0.1) is 0 Å². The average Bonchev–Trinajstić information content (AvgIpc) is 2.62. The number of aromatic carboxylic acids is 1. The van der Waals surface area contributed by atoms with Crippen molar-refractivity contribution in [3.8, 4) is 28.4 Å². The first-order chi connectivity index (χ1) is 11.2. The molecule has 0 fully saturated rings. The standard InChI is InChI=1S/C18H14N2O3/c1-23-15-4-2-3-14(11-15)17-19-10-9-16(20-17)12-5-7-13(8-6-12)18(21)22/h2-11H,1H3,(H,21,22). The molecule has 0 amide bonds. The van der Waals surface area contributed by atoms with Crippen LogP contribution in [0.1, 0.15) is 10.4 Å². The fraction of sp³-hybridized carbons (Fsp3) is 0.0556. The van der Waals surface area contributed by atoms with Crippen LogP contribution in [0.3, 0.4) is 0 Å². The monoisotopic (exact) mass is 306 g/mol. The number of benzene rings is 2. The summed E-state index contributed by atoms with van der Waals surface area (Å²) in [5, 5.41) is 8.95. The van der Waals surface area contributed by atoms with Gasteiger partial charge < -0.3 is 9.84 Å². The Morgan fingerprint density at radius 2 is 1.83 bits per heavy atom. The Labute approximate surface area is 133 Å². The Bertz CT molecular complexity index is 845. The highest BCUT2D eigenvalue weighted by Crippen LogP contribution is 2.23. The second-order valence-electron chi connectivity index (χ2n) is 4.88. The van der Waals surface area contributed by atoms with Gasteiger partial charge in [-0.15, -0.1) is 0 Å². The van der Waals surface area contributed by atoms with E-state index in [-0.39, 0.29) is 5.56 Å². The molecule has 0 saturated heterocycles. The highest BCUT2D eigenvalue weighted by atomic mass is 16.5. The maximum atomic E-state index is 10.9. The summed E-state index contributed by atoms with van der Waals surface area (Å²) in [6.07, 6.45) is 1.68. The van der Waals surface area contributed by atoms with Crippen molar-refractivity contribution in [1.82, 2.24) is 9.97 Å². The van der Waals surface area contributed by atoms with Crippen LogP contribution in [0.5, 0.6) is 5.75 Å². The van der Waals surface area contributed by atoms with E-state index in [9.17, 15) is 4.79 Å². The molecule has 0 unspecified atom stereocenters. The Balaban J connectivity index is 1.97. The number of rotatable bonds is 4. The van der Waals surface area contributed by atoms with Crippen LogP contribution in [0.25, 0.3) is 22.6 Å². The van der Waals surface area contributed by atoms with E-state index in [1.54, 1.807) is 43.6 Å². The van der Waals surface area contributed by atoms with Crippen LogP contribution < -0.4 is 4.74 Å². The number of nitrogens with zero attached hydrogens (tertiary/aromatic N) is 2. The first kappa shape index (κ1) is 14.7. The molecule has 0 radical (unpaired) electrons. The summed E-state index contributed by atoms with van der Waals surface area (Å²) >= 11 is 0. The molecule has 0 saturated carbocycles. The normalized spacial score (nSPS) is 10.3. The molecule has 1 heterocycles. The van der Waals surface area contributed by atoms with Crippen LogP contribution in [0.15, 0.2) is 60.8 Å². The molecule has 0 aliphatic rings. The minimum Gasteiger partial charge on any atom is -0.497 e. The number of carboxylic acids is 1. The smallest absolute Gasteiger partial charge is 0.335 e. The predicted molar refractivity (Wildman–Crippen MR) is 86.4 cm³/mol. The third-order valence-electron chi connectivity index (χ3n) is 3.41. The third kappa shape index (κ3) is 3.18. The lowest BCUT2D eigenvalue weighted by atomic mass is 10.1. The van der Waals surface area contributed by atoms with E-state index in [4.69, 9.17) is 9.84 Å². The van der Waals surface area contributed by atoms with Gasteiger partial charge in [0.25, 0.3) is 0 Å². The molecule has 1 N–H and O–H groups in total. The quantitative estimate of drug-likeness (QED) is 0.798. The number of hydrogen-bond donors (Lipinski definition) is 1. The summed E-state index contributed by atoms with van der Waals surface area (Å²) in [5.74, 6) is 0.377. The Kier molecular flexibility index (Phi) is 4.01. The van der Waals surface area contributed by atoms with Crippen LogP contribution in [0.2, 0.25) is 0 Å². The zero-order valence-electron chi connectivity index (χ0n) is 12.4. The topological polar surface area (TPSA) is 72.3 Å². The Morgan fingerprint density at radius 3 is 2.52 bits per heavy atom. The van der Waals surface area contributed by atoms with Gasteiger partial charge in [0.15, 0.2) is 5.82 Å². The SMILES string of the molecule is COc1cccc(-c2nccc(-c3ccc(C(=O)O)cc3)n2)c1. The van der Waals surface area contributed by atoms with Gasteiger partial charge in [-0.1, -0.05) is 24.3 Å². The van der Waals surface area contributed by atoms with Gasteiger partial charge in [-0.05, 0) is 30.3 Å². The number of carbonyl (C=O) groups is 1. The van der Waals surface area contributed by atoms with E-state index in [2.05, 4.69) is 9.97 Å². The van der Waals surface area contributed by atoms with E-state index in [0.717, 1.165) is 22.6 Å². The van der Waals surface area contributed by atoms with Crippen LogP contribution in [0.4, 0.5) is 0 Å². The minimum absolute atomic E-state index is 0.246. The predicted octanol–water partition coefficient (Wildman–Crippen LogP) is 3.52. The molecular weight excluding hydrogens is 292 g/mol. The van der Waals surface area contributed by atoms with Crippen molar-refractivity contribution in [2.24, 2.45) is 0 Å². The van der Waals surface area contributed by atoms with Gasteiger partial charge in [-0.3, -0.25) is 0 Å². The number of aromatic nitrogens is 2. The molecule has 114 valence electrons. The fourth-order valence-corrected chi connectivity index (χ4v) is 2.20. The lowest BCUT2D eigenvalue weighted by Crippen LogP contribution is -1.96. The first-order valence-corrected chi connectivity index (χ1v) is 6.98. The minimum atomic E-state index is -0.948.